The minimum absolute atomic E-state index is 0. The van der Waals surface area contributed by atoms with Gasteiger partial charge in [0.25, 0.3) is 0 Å². The fraction of sp³-hybridized carbons (Fsp3) is 0.524. The van der Waals surface area contributed by atoms with E-state index in [4.69, 9.17) is 0 Å². The lowest BCUT2D eigenvalue weighted by Gasteiger charge is -2.30. The van der Waals surface area contributed by atoms with Gasteiger partial charge in [0.15, 0.2) is 5.96 Å². The monoisotopic (exact) mass is 481 g/mol. The zero-order valence-electron chi connectivity index (χ0n) is 16.4. The van der Waals surface area contributed by atoms with Gasteiger partial charge < -0.3 is 15.5 Å². The molecular formula is C21H32IN5. The number of nitrogens with one attached hydrogen (secondary N) is 2. The predicted octanol–water partition coefficient (Wildman–Crippen LogP) is 3.64. The van der Waals surface area contributed by atoms with Crippen molar-refractivity contribution in [3.05, 3.63) is 42.2 Å². The molecule has 0 atom stereocenters. The number of aromatic nitrogens is 1. The number of hydrogen-bond donors (Lipinski definition) is 2. The van der Waals surface area contributed by atoms with Crippen LogP contribution in [-0.4, -0.2) is 49.1 Å². The number of nitrogens with zero attached hydrogens (tertiary/aromatic N) is 3. The minimum Gasteiger partial charge on any atom is -0.356 e. The van der Waals surface area contributed by atoms with Gasteiger partial charge in [-0.15, -0.1) is 24.0 Å². The van der Waals surface area contributed by atoms with Crippen molar-refractivity contribution >= 4 is 40.7 Å². The molecule has 1 saturated heterocycles. The van der Waals surface area contributed by atoms with E-state index in [2.05, 4.69) is 56.7 Å². The van der Waals surface area contributed by atoms with E-state index in [0.29, 0.717) is 6.54 Å². The van der Waals surface area contributed by atoms with E-state index in [1.54, 1.807) is 0 Å². The van der Waals surface area contributed by atoms with Gasteiger partial charge in [0.1, 0.15) is 0 Å². The summed E-state index contributed by atoms with van der Waals surface area (Å²) >= 11 is 0. The molecular weight excluding hydrogens is 449 g/mol. The van der Waals surface area contributed by atoms with Crippen LogP contribution < -0.4 is 10.6 Å². The first-order valence-electron chi connectivity index (χ1n) is 9.76. The number of fused-ring (bicyclic) bond motifs is 1. The maximum Gasteiger partial charge on any atom is 0.191 e. The lowest BCUT2D eigenvalue weighted by atomic mass is 9.99. The third-order valence-corrected chi connectivity index (χ3v) is 5.22. The van der Waals surface area contributed by atoms with Crippen molar-refractivity contribution in [3.8, 4) is 0 Å². The molecule has 2 aromatic rings. The van der Waals surface area contributed by atoms with Gasteiger partial charge in [0.05, 0.1) is 12.2 Å². The second kappa shape index (κ2) is 11.4. The Labute approximate surface area is 180 Å². The largest absolute Gasteiger partial charge is 0.356 e. The topological polar surface area (TPSA) is 52.6 Å². The van der Waals surface area contributed by atoms with Crippen LogP contribution in [0, 0.1) is 5.92 Å². The zero-order chi connectivity index (χ0) is 18.2. The fourth-order valence-electron chi connectivity index (χ4n) is 3.51. The molecule has 0 amide bonds. The van der Waals surface area contributed by atoms with Gasteiger partial charge in [-0.2, -0.15) is 0 Å². The Kier molecular flexibility index (Phi) is 9.27. The number of rotatable bonds is 6. The number of likely N-dealkylation sites (tertiary alicyclic amines) is 1. The molecule has 27 heavy (non-hydrogen) atoms. The van der Waals surface area contributed by atoms with Gasteiger partial charge in [-0.25, -0.2) is 0 Å². The number of benzene rings is 1. The van der Waals surface area contributed by atoms with Gasteiger partial charge in [0.2, 0.25) is 0 Å². The van der Waals surface area contributed by atoms with Crippen LogP contribution in [0.2, 0.25) is 0 Å². The van der Waals surface area contributed by atoms with Gasteiger partial charge in [-0.1, -0.05) is 31.2 Å². The van der Waals surface area contributed by atoms with Gasteiger partial charge in [0, 0.05) is 25.2 Å². The van der Waals surface area contributed by atoms with E-state index < -0.39 is 0 Å². The molecule has 0 saturated carbocycles. The Hall–Kier alpha value is -1.41. The van der Waals surface area contributed by atoms with Crippen LogP contribution in [0.1, 0.15) is 31.9 Å². The van der Waals surface area contributed by atoms with E-state index in [0.717, 1.165) is 30.5 Å². The molecule has 5 nitrogen and oxygen atoms in total. The summed E-state index contributed by atoms with van der Waals surface area (Å²) in [6, 6.07) is 10.4. The minimum atomic E-state index is 0. The lowest BCUT2D eigenvalue weighted by Crippen LogP contribution is -2.39. The first kappa shape index (κ1) is 21.9. The highest BCUT2D eigenvalue weighted by molar-refractivity contribution is 14.0. The highest BCUT2D eigenvalue weighted by Crippen LogP contribution is 2.16. The Morgan fingerprint density at radius 1 is 1.19 bits per heavy atom. The van der Waals surface area contributed by atoms with Crippen molar-refractivity contribution in [1.82, 2.24) is 20.5 Å². The maximum atomic E-state index is 4.52. The molecule has 0 bridgehead atoms. The van der Waals surface area contributed by atoms with Crippen LogP contribution >= 0.6 is 24.0 Å². The molecule has 1 aromatic heterocycles. The van der Waals surface area contributed by atoms with Gasteiger partial charge in [-0.05, 0) is 56.3 Å². The number of piperidine rings is 1. The summed E-state index contributed by atoms with van der Waals surface area (Å²) in [6.45, 7) is 7.64. The highest BCUT2D eigenvalue weighted by Gasteiger charge is 2.14. The average Bonchev–Trinajstić information content (AvgIpc) is 2.69. The molecule has 2 heterocycles. The van der Waals surface area contributed by atoms with Crippen molar-refractivity contribution < 1.29 is 0 Å². The highest BCUT2D eigenvalue weighted by atomic mass is 127. The molecule has 1 aliphatic rings. The van der Waals surface area contributed by atoms with Crippen LogP contribution in [-0.2, 0) is 6.54 Å². The summed E-state index contributed by atoms with van der Waals surface area (Å²) in [5.41, 5.74) is 1.05. The maximum absolute atomic E-state index is 4.52. The SMILES string of the molecule is CN=C(NCCCN1CCC(C)CC1)NCc1nccc2ccccc12.I. The molecule has 0 spiro atoms. The van der Waals surface area contributed by atoms with Crippen LogP contribution in [0.3, 0.4) is 0 Å². The van der Waals surface area contributed by atoms with Crippen LogP contribution in [0.4, 0.5) is 0 Å². The van der Waals surface area contributed by atoms with Crippen molar-refractivity contribution in [2.45, 2.75) is 32.7 Å². The van der Waals surface area contributed by atoms with E-state index in [1.807, 2.05) is 19.3 Å². The molecule has 1 aromatic carbocycles. The second-order valence-corrected chi connectivity index (χ2v) is 7.21. The Morgan fingerprint density at radius 2 is 1.96 bits per heavy atom. The summed E-state index contributed by atoms with van der Waals surface area (Å²) in [5.74, 6) is 1.74. The van der Waals surface area contributed by atoms with E-state index >= 15 is 0 Å². The molecule has 1 aliphatic heterocycles. The summed E-state index contributed by atoms with van der Waals surface area (Å²) in [6.07, 6.45) is 5.69. The van der Waals surface area contributed by atoms with Crippen molar-refractivity contribution in [3.63, 3.8) is 0 Å². The normalized spacial score (nSPS) is 16.1. The van der Waals surface area contributed by atoms with Crippen LogP contribution in [0.25, 0.3) is 10.8 Å². The van der Waals surface area contributed by atoms with E-state index in [-0.39, 0.29) is 24.0 Å². The third kappa shape index (κ3) is 6.60. The van der Waals surface area contributed by atoms with E-state index in [1.165, 1.54) is 43.2 Å². The summed E-state index contributed by atoms with van der Waals surface area (Å²) in [7, 11) is 1.82. The van der Waals surface area contributed by atoms with Crippen molar-refractivity contribution in [2.24, 2.45) is 10.9 Å². The van der Waals surface area contributed by atoms with Crippen molar-refractivity contribution in [2.75, 3.05) is 33.2 Å². The number of halogens is 1. The molecule has 148 valence electrons. The molecule has 6 heteroatoms. The second-order valence-electron chi connectivity index (χ2n) is 7.21. The Balaban J connectivity index is 0.00000261. The molecule has 0 aliphatic carbocycles. The Morgan fingerprint density at radius 3 is 2.74 bits per heavy atom. The van der Waals surface area contributed by atoms with Crippen molar-refractivity contribution in [1.29, 1.82) is 0 Å². The first-order chi connectivity index (χ1) is 12.8. The first-order valence-corrected chi connectivity index (χ1v) is 9.76. The predicted molar refractivity (Wildman–Crippen MR) is 125 cm³/mol. The molecule has 0 radical (unpaired) electrons. The van der Waals surface area contributed by atoms with Crippen LogP contribution in [0.15, 0.2) is 41.5 Å². The summed E-state index contributed by atoms with van der Waals surface area (Å²) in [5, 5.41) is 9.22. The zero-order valence-corrected chi connectivity index (χ0v) is 18.8. The molecule has 1 fully saturated rings. The molecule has 3 rings (SSSR count). The molecule has 2 N–H and O–H groups in total. The molecule has 0 unspecified atom stereocenters. The summed E-state index contributed by atoms with van der Waals surface area (Å²) < 4.78 is 0. The number of hydrogen-bond acceptors (Lipinski definition) is 3. The van der Waals surface area contributed by atoms with E-state index in [9.17, 15) is 0 Å². The third-order valence-electron chi connectivity index (χ3n) is 5.22. The standard InChI is InChI=1S/C21H31N5.HI/c1-17-9-14-26(15-10-17)13-5-11-24-21(22-2)25-16-20-19-7-4-3-6-18(19)8-12-23-20;/h3-4,6-8,12,17H,5,9-11,13-16H2,1-2H3,(H2,22,24,25);1H. The number of guanidine groups is 1. The summed E-state index contributed by atoms with van der Waals surface area (Å²) in [4.78, 5) is 11.4. The number of pyridine rings is 1. The lowest BCUT2D eigenvalue weighted by molar-refractivity contribution is 0.191. The van der Waals surface area contributed by atoms with Gasteiger partial charge >= 0.3 is 0 Å². The quantitative estimate of drug-likeness (QED) is 0.286. The Bertz CT molecular complexity index is 720. The van der Waals surface area contributed by atoms with Gasteiger partial charge in [-0.3, -0.25) is 9.98 Å². The van der Waals surface area contributed by atoms with Crippen LogP contribution in [0.5, 0.6) is 0 Å². The fourth-order valence-corrected chi connectivity index (χ4v) is 3.51. The smallest absolute Gasteiger partial charge is 0.191 e. The average molecular weight is 481 g/mol. The number of aliphatic imine (C=N–C) groups is 1.